The Bertz CT molecular complexity index is 1990. The Morgan fingerprint density at radius 2 is 1.81 bits per heavy atom. The van der Waals surface area contributed by atoms with Crippen LogP contribution in [0.1, 0.15) is 77.7 Å². The van der Waals surface area contributed by atoms with Gasteiger partial charge in [-0.1, -0.05) is 37.3 Å². The van der Waals surface area contributed by atoms with Crippen molar-refractivity contribution >= 4 is 16.7 Å². The van der Waals surface area contributed by atoms with Crippen LogP contribution in [-0.4, -0.2) is 89.7 Å². The van der Waals surface area contributed by atoms with Gasteiger partial charge in [0.15, 0.2) is 0 Å². The van der Waals surface area contributed by atoms with Gasteiger partial charge >= 0.3 is 0 Å². The molecule has 5 atom stereocenters. The molecule has 1 amide bonds. The zero-order valence-corrected chi connectivity index (χ0v) is 30.0. The number of nitrogens with zero attached hydrogens (tertiary/aromatic N) is 3. The van der Waals surface area contributed by atoms with E-state index < -0.39 is 5.82 Å². The molecule has 1 aliphatic heterocycles. The van der Waals surface area contributed by atoms with E-state index in [1.807, 2.05) is 24.3 Å². The highest BCUT2D eigenvalue weighted by molar-refractivity contribution is 5.95. The van der Waals surface area contributed by atoms with E-state index in [0.29, 0.717) is 87.0 Å². The summed E-state index contributed by atoms with van der Waals surface area (Å²) in [7, 11) is 0. The number of rotatable bonds is 10. The molecule has 0 spiro atoms. The minimum Gasteiger partial charge on any atom is -0.508 e. The van der Waals surface area contributed by atoms with Crippen molar-refractivity contribution < 1.29 is 23.8 Å². The molecule has 0 radical (unpaired) electrons. The Morgan fingerprint density at radius 3 is 2.65 bits per heavy atom. The van der Waals surface area contributed by atoms with Crippen molar-refractivity contribution in [3.63, 3.8) is 0 Å². The first-order valence-corrected chi connectivity index (χ1v) is 19.1. The number of halogens is 1. The number of amides is 1. The zero-order chi connectivity index (χ0) is 35.8. The number of aromatic nitrogens is 2. The number of carbonyl (C=O) groups is 1. The predicted molar refractivity (Wildman–Crippen MR) is 197 cm³/mol. The largest absolute Gasteiger partial charge is 0.508 e. The fourth-order valence-corrected chi connectivity index (χ4v) is 10.0. The summed E-state index contributed by atoms with van der Waals surface area (Å²) < 4.78 is 27.5. The van der Waals surface area contributed by atoms with E-state index in [0.717, 1.165) is 30.3 Å². The first kappa shape index (κ1) is 34.9. The molecule has 4 aliphatic rings. The first-order valence-electron chi connectivity index (χ1n) is 19.1. The van der Waals surface area contributed by atoms with E-state index in [4.69, 9.17) is 9.47 Å². The van der Waals surface area contributed by atoms with E-state index in [9.17, 15) is 19.1 Å². The number of phenols is 1. The Kier molecular flexibility index (Phi) is 9.89. The van der Waals surface area contributed by atoms with Gasteiger partial charge in [0, 0.05) is 44.5 Å². The average molecular weight is 709 g/mol. The number of H-pyrrole nitrogens is 1. The maximum absolute atomic E-state index is 14.9. The number of ether oxygens (including phenoxy) is 2. The van der Waals surface area contributed by atoms with E-state index in [1.54, 1.807) is 29.2 Å². The Balaban J connectivity index is 0.768. The van der Waals surface area contributed by atoms with Crippen molar-refractivity contribution in [3.05, 3.63) is 105 Å². The highest BCUT2D eigenvalue weighted by Gasteiger charge is 2.55. The lowest BCUT2D eigenvalue weighted by molar-refractivity contribution is -0.0778. The van der Waals surface area contributed by atoms with E-state index in [1.165, 1.54) is 42.9 Å². The van der Waals surface area contributed by atoms with Crippen molar-refractivity contribution in [2.75, 3.05) is 52.5 Å². The lowest BCUT2D eigenvalue weighted by atomic mass is 9.55. The van der Waals surface area contributed by atoms with Gasteiger partial charge in [-0.3, -0.25) is 14.5 Å². The molecule has 3 fully saturated rings. The van der Waals surface area contributed by atoms with Crippen LogP contribution in [0.5, 0.6) is 5.75 Å². The number of aromatic amines is 1. The van der Waals surface area contributed by atoms with Crippen LogP contribution in [0.15, 0.2) is 65.5 Å². The van der Waals surface area contributed by atoms with Crippen LogP contribution in [0, 0.1) is 23.1 Å². The van der Waals surface area contributed by atoms with Gasteiger partial charge < -0.3 is 19.5 Å². The highest BCUT2D eigenvalue weighted by Crippen LogP contribution is 2.61. The minimum atomic E-state index is -0.539. The van der Waals surface area contributed by atoms with Gasteiger partial charge in [-0.25, -0.2) is 9.49 Å². The first-order chi connectivity index (χ1) is 25.3. The van der Waals surface area contributed by atoms with Crippen molar-refractivity contribution in [2.45, 2.75) is 63.9 Å². The van der Waals surface area contributed by atoms with Gasteiger partial charge in [-0.15, -0.1) is 0 Å². The number of nitrogens with one attached hydrogen (secondary N) is 1. The standard InChI is InChI=1S/C42H49FN4O5/c1-42-15-14-31-30-10-8-29(48)26-28(30)7-9-32(31)36(42)11-13-39(42)52-23-22-51-21-20-46-16-18-47(19-17-46)41(50)35-24-27(6-12-37(35)43)25-38-33-4-2-3-5-34(33)40(49)45-44-38/h2-6,8,10,12,24,26,31-32,36,39,48H,7,9,11,13-23,25H2,1H3,(H,45,49)/t31-,32-,36+,39+,42+/m1/s1. The van der Waals surface area contributed by atoms with Crippen LogP contribution < -0.4 is 5.56 Å². The molecule has 1 saturated heterocycles. The van der Waals surface area contributed by atoms with Gasteiger partial charge in [0.2, 0.25) is 0 Å². The molecule has 10 heteroatoms. The predicted octanol–water partition coefficient (Wildman–Crippen LogP) is 6.07. The number of fused-ring (bicyclic) bond motifs is 6. The molecule has 1 aromatic heterocycles. The third-order valence-electron chi connectivity index (χ3n) is 12.8. The summed E-state index contributed by atoms with van der Waals surface area (Å²) in [6.45, 7) is 7.46. The second kappa shape index (κ2) is 14.7. The highest BCUT2D eigenvalue weighted by atomic mass is 19.1. The van der Waals surface area contributed by atoms with E-state index in [-0.39, 0.29) is 28.5 Å². The van der Waals surface area contributed by atoms with E-state index in [2.05, 4.69) is 28.1 Å². The fraction of sp³-hybridized carbons (Fsp3) is 0.500. The maximum atomic E-state index is 14.9. The summed E-state index contributed by atoms with van der Waals surface area (Å²) in [4.78, 5) is 29.6. The lowest BCUT2D eigenvalue weighted by Crippen LogP contribution is -2.49. The number of phenolic OH excluding ortho intramolecular Hbond substituents is 1. The summed E-state index contributed by atoms with van der Waals surface area (Å²) >= 11 is 0. The third kappa shape index (κ3) is 6.76. The van der Waals surface area contributed by atoms with Gasteiger partial charge in [0.25, 0.3) is 11.5 Å². The smallest absolute Gasteiger partial charge is 0.272 e. The van der Waals surface area contributed by atoms with Crippen molar-refractivity contribution in [2.24, 2.45) is 17.3 Å². The van der Waals surface area contributed by atoms with Crippen LogP contribution in [0.4, 0.5) is 4.39 Å². The summed E-state index contributed by atoms with van der Waals surface area (Å²) in [5.74, 6) is 1.53. The minimum absolute atomic E-state index is 0.0590. The number of hydrogen-bond donors (Lipinski definition) is 2. The molecule has 3 aromatic carbocycles. The van der Waals surface area contributed by atoms with Crippen LogP contribution in [-0.2, 0) is 22.3 Å². The summed E-state index contributed by atoms with van der Waals surface area (Å²) in [6.07, 6.45) is 7.63. The zero-order valence-electron chi connectivity index (χ0n) is 30.0. The number of aromatic hydroxyl groups is 1. The molecular formula is C42H49FN4O5. The van der Waals surface area contributed by atoms with Crippen LogP contribution in [0.3, 0.4) is 0 Å². The average Bonchev–Trinajstić information content (AvgIpc) is 3.50. The maximum Gasteiger partial charge on any atom is 0.272 e. The molecule has 8 rings (SSSR count). The fourth-order valence-electron chi connectivity index (χ4n) is 10.0. The summed E-state index contributed by atoms with van der Waals surface area (Å²) in [6, 6.07) is 17.9. The van der Waals surface area contributed by atoms with Crippen molar-refractivity contribution in [1.82, 2.24) is 20.0 Å². The topological polar surface area (TPSA) is 108 Å². The lowest BCUT2D eigenvalue weighted by Gasteiger charge is -2.50. The number of hydrogen-bond acceptors (Lipinski definition) is 7. The number of piperazine rings is 1. The quantitative estimate of drug-likeness (QED) is 0.193. The molecule has 3 aliphatic carbocycles. The Labute approximate surface area is 304 Å². The Morgan fingerprint density at radius 1 is 0.981 bits per heavy atom. The molecule has 2 N–H and O–H groups in total. The SMILES string of the molecule is C[C@]12CC[C@@H]3c4ccc(O)cc4CC[C@H]3[C@@H]1CC[C@@H]2OCCOCCN1CCN(C(=O)c2cc(Cc3n[nH]c(=O)c4ccccc34)ccc2F)CC1. The molecule has 2 saturated carbocycles. The monoisotopic (exact) mass is 708 g/mol. The molecule has 0 bridgehead atoms. The van der Waals surface area contributed by atoms with Crippen molar-refractivity contribution in [3.8, 4) is 5.75 Å². The summed E-state index contributed by atoms with van der Waals surface area (Å²) in [5.41, 5.74) is 4.24. The number of aryl methyl sites for hydroxylation is 1. The van der Waals surface area contributed by atoms with Gasteiger partial charge in [-0.2, -0.15) is 5.10 Å². The van der Waals surface area contributed by atoms with Crippen LogP contribution >= 0.6 is 0 Å². The molecule has 2 heterocycles. The van der Waals surface area contributed by atoms with Gasteiger partial charge in [-0.05, 0) is 109 Å². The van der Waals surface area contributed by atoms with E-state index >= 15 is 0 Å². The van der Waals surface area contributed by atoms with Crippen LogP contribution in [0.2, 0.25) is 0 Å². The Hall–Kier alpha value is -4.12. The molecule has 4 aromatic rings. The molecule has 0 unspecified atom stereocenters. The van der Waals surface area contributed by atoms with Gasteiger partial charge in [0.1, 0.15) is 11.6 Å². The number of carbonyl (C=O) groups excluding carboxylic acids is 1. The second-order valence-corrected chi connectivity index (χ2v) is 15.6. The normalized spacial score (nSPS) is 25.8. The molecule has 9 nitrogen and oxygen atoms in total. The molecular weight excluding hydrogens is 659 g/mol. The van der Waals surface area contributed by atoms with Crippen molar-refractivity contribution in [1.29, 1.82) is 0 Å². The molecule has 274 valence electrons. The second-order valence-electron chi connectivity index (χ2n) is 15.6. The molecule has 52 heavy (non-hydrogen) atoms. The summed E-state index contributed by atoms with van der Waals surface area (Å²) in [5, 5.41) is 18.1. The third-order valence-corrected chi connectivity index (χ3v) is 12.8. The van der Waals surface area contributed by atoms with Crippen LogP contribution in [0.25, 0.3) is 10.8 Å². The van der Waals surface area contributed by atoms with Gasteiger partial charge in [0.05, 0.1) is 42.6 Å². The number of benzene rings is 3.